The van der Waals surface area contributed by atoms with Crippen LogP contribution in [-0.2, 0) is 11.4 Å². The molecule has 5 nitrogen and oxygen atoms in total. The summed E-state index contributed by atoms with van der Waals surface area (Å²) in [5.41, 5.74) is 4.62. The van der Waals surface area contributed by atoms with E-state index in [0.717, 1.165) is 59.5 Å². The molecule has 1 amide bonds. The quantitative estimate of drug-likeness (QED) is 0.183. The second-order valence-corrected chi connectivity index (χ2v) is 11.2. The molecule has 190 valence electrons. The highest BCUT2D eigenvalue weighted by atomic mass is 32.2. The average molecular weight is 538 g/mol. The van der Waals surface area contributed by atoms with E-state index >= 15 is 0 Å². The molecular formula is C31H27N3O2S2. The van der Waals surface area contributed by atoms with E-state index in [-0.39, 0.29) is 11.9 Å². The third-order valence-corrected chi connectivity index (χ3v) is 8.25. The monoisotopic (exact) mass is 537 g/mol. The molecule has 1 saturated heterocycles. The maximum Gasteiger partial charge on any atom is 0.266 e. The molecule has 4 aromatic rings. The van der Waals surface area contributed by atoms with Crippen molar-refractivity contribution in [1.29, 1.82) is 0 Å². The maximum absolute atomic E-state index is 13.4. The molecule has 0 unspecified atom stereocenters. The van der Waals surface area contributed by atoms with Gasteiger partial charge in [-0.25, -0.2) is 4.68 Å². The molecule has 0 spiro atoms. The van der Waals surface area contributed by atoms with E-state index in [4.69, 9.17) is 22.1 Å². The third kappa shape index (κ3) is 5.17. The number of benzene rings is 3. The summed E-state index contributed by atoms with van der Waals surface area (Å²) < 4.78 is 8.60. The molecular weight excluding hydrogens is 510 g/mol. The van der Waals surface area contributed by atoms with Crippen LogP contribution in [0.1, 0.15) is 36.8 Å². The Bertz CT molecular complexity index is 1490. The first-order valence-corrected chi connectivity index (χ1v) is 14.1. The minimum Gasteiger partial charge on any atom is -0.489 e. The van der Waals surface area contributed by atoms with E-state index in [1.165, 1.54) is 11.8 Å². The molecule has 0 N–H and O–H groups in total. The van der Waals surface area contributed by atoms with Gasteiger partial charge in [0.25, 0.3) is 5.91 Å². The number of nitrogens with zero attached hydrogens (tertiary/aromatic N) is 3. The lowest BCUT2D eigenvalue weighted by molar-refractivity contribution is -0.123. The smallest absolute Gasteiger partial charge is 0.266 e. The molecule has 7 heteroatoms. The first kappa shape index (κ1) is 24.6. The van der Waals surface area contributed by atoms with Crippen LogP contribution >= 0.6 is 24.0 Å². The lowest BCUT2D eigenvalue weighted by Crippen LogP contribution is -2.36. The fourth-order valence-electron chi connectivity index (χ4n) is 5.00. The maximum atomic E-state index is 13.4. The van der Waals surface area contributed by atoms with Crippen molar-refractivity contribution in [3.63, 3.8) is 0 Å². The second kappa shape index (κ2) is 11.0. The topological polar surface area (TPSA) is 47.4 Å². The number of amides is 1. The zero-order valence-electron chi connectivity index (χ0n) is 20.8. The summed E-state index contributed by atoms with van der Waals surface area (Å²) in [5, 5.41) is 4.94. The molecule has 0 atom stereocenters. The van der Waals surface area contributed by atoms with Gasteiger partial charge in [-0.05, 0) is 48.7 Å². The minimum atomic E-state index is 0.00487. The van der Waals surface area contributed by atoms with Gasteiger partial charge in [0.15, 0.2) is 0 Å². The van der Waals surface area contributed by atoms with Crippen LogP contribution in [0.15, 0.2) is 96.0 Å². The Morgan fingerprint density at radius 3 is 2.47 bits per heavy atom. The summed E-state index contributed by atoms with van der Waals surface area (Å²) in [6.07, 6.45) is 8.26. The zero-order valence-corrected chi connectivity index (χ0v) is 22.5. The molecule has 1 aliphatic carbocycles. The number of carbonyl (C=O) groups is 1. The molecule has 0 radical (unpaired) electrons. The van der Waals surface area contributed by atoms with Crippen molar-refractivity contribution in [3.05, 3.63) is 107 Å². The number of aromatic nitrogens is 2. The summed E-state index contributed by atoms with van der Waals surface area (Å²) in [6, 6.07) is 28.3. The highest BCUT2D eigenvalue weighted by Crippen LogP contribution is 2.39. The predicted molar refractivity (Wildman–Crippen MR) is 157 cm³/mol. The SMILES string of the molecule is O=C1C(=Cc2cn(-c3ccccc3)nc2-c2cccc(OCc3ccccc3)c2)SC(=S)N1C1CCCC1. The van der Waals surface area contributed by atoms with Gasteiger partial charge in [-0.2, -0.15) is 5.10 Å². The Kier molecular flexibility index (Phi) is 7.12. The molecule has 2 heterocycles. The molecule has 2 aliphatic rings. The Balaban J connectivity index is 1.35. The van der Waals surface area contributed by atoms with Crippen molar-refractivity contribution in [2.75, 3.05) is 0 Å². The van der Waals surface area contributed by atoms with Gasteiger partial charge in [0.2, 0.25) is 0 Å². The third-order valence-electron chi connectivity index (χ3n) is 6.92. The second-order valence-electron chi connectivity index (χ2n) is 9.51. The fraction of sp³-hybridized carbons (Fsp3) is 0.194. The Morgan fingerprint density at radius 2 is 1.71 bits per heavy atom. The Labute approximate surface area is 232 Å². The van der Waals surface area contributed by atoms with Crippen LogP contribution in [-0.4, -0.2) is 30.9 Å². The molecule has 3 aromatic carbocycles. The van der Waals surface area contributed by atoms with E-state index in [1.807, 2.05) is 107 Å². The van der Waals surface area contributed by atoms with Crippen molar-refractivity contribution in [3.8, 4) is 22.7 Å². The molecule has 6 rings (SSSR count). The molecule has 1 aliphatic heterocycles. The summed E-state index contributed by atoms with van der Waals surface area (Å²) in [4.78, 5) is 15.9. The average Bonchev–Trinajstić information content (AvgIpc) is 3.69. The molecule has 1 saturated carbocycles. The highest BCUT2D eigenvalue weighted by molar-refractivity contribution is 8.26. The first-order chi connectivity index (χ1) is 18.7. The highest BCUT2D eigenvalue weighted by Gasteiger charge is 2.38. The van der Waals surface area contributed by atoms with E-state index in [0.29, 0.717) is 15.8 Å². The molecule has 0 bridgehead atoms. The largest absolute Gasteiger partial charge is 0.489 e. The fourth-order valence-corrected chi connectivity index (χ4v) is 6.39. The predicted octanol–water partition coefficient (Wildman–Crippen LogP) is 7.26. The van der Waals surface area contributed by atoms with Crippen molar-refractivity contribution in [2.45, 2.75) is 38.3 Å². The molecule has 2 fully saturated rings. The first-order valence-electron chi connectivity index (χ1n) is 12.8. The zero-order chi connectivity index (χ0) is 25.9. The lowest BCUT2D eigenvalue weighted by Gasteiger charge is -2.21. The molecule has 38 heavy (non-hydrogen) atoms. The number of para-hydroxylation sites is 1. The van der Waals surface area contributed by atoms with Crippen LogP contribution in [0.5, 0.6) is 5.75 Å². The number of ether oxygens (including phenoxy) is 1. The van der Waals surface area contributed by atoms with Crippen LogP contribution in [0.4, 0.5) is 0 Å². The van der Waals surface area contributed by atoms with Crippen molar-refractivity contribution < 1.29 is 9.53 Å². The van der Waals surface area contributed by atoms with E-state index in [1.54, 1.807) is 0 Å². The number of thiocarbonyl (C=S) groups is 1. The summed E-state index contributed by atoms with van der Waals surface area (Å²) in [7, 11) is 0. The number of rotatable bonds is 7. The van der Waals surface area contributed by atoms with Gasteiger partial charge in [-0.1, -0.05) is 97.5 Å². The Hall–Kier alpha value is -3.68. The van der Waals surface area contributed by atoms with Gasteiger partial charge in [-0.15, -0.1) is 0 Å². The number of thioether (sulfide) groups is 1. The molecule has 1 aromatic heterocycles. The lowest BCUT2D eigenvalue weighted by atomic mass is 10.1. The van der Waals surface area contributed by atoms with E-state index < -0.39 is 0 Å². The summed E-state index contributed by atoms with van der Waals surface area (Å²) >= 11 is 7.02. The van der Waals surface area contributed by atoms with Crippen molar-refractivity contribution >= 4 is 40.3 Å². The number of hydrogen-bond donors (Lipinski definition) is 0. The van der Waals surface area contributed by atoms with Gasteiger partial charge in [0.05, 0.1) is 10.6 Å². The van der Waals surface area contributed by atoms with Crippen LogP contribution in [0.3, 0.4) is 0 Å². The standard InChI is InChI=1S/C31H27N3O2S2/c35-30-28(38-31(37)34(30)26-15-7-8-16-26)19-24-20-33(25-13-5-2-6-14-25)32-29(24)23-12-9-17-27(18-23)36-21-22-10-3-1-4-11-22/h1-6,9-14,17-20,26H,7-8,15-16,21H2. The number of carbonyl (C=O) groups excluding carboxylic acids is 1. The van der Waals surface area contributed by atoms with E-state index in [2.05, 4.69) is 0 Å². The number of hydrogen-bond acceptors (Lipinski definition) is 5. The van der Waals surface area contributed by atoms with E-state index in [9.17, 15) is 4.79 Å². The van der Waals surface area contributed by atoms with Gasteiger partial charge in [-0.3, -0.25) is 9.69 Å². The van der Waals surface area contributed by atoms with Gasteiger partial charge < -0.3 is 4.74 Å². The minimum absolute atomic E-state index is 0.00487. The van der Waals surface area contributed by atoms with Crippen LogP contribution in [0.2, 0.25) is 0 Å². The normalized spacial score (nSPS) is 17.1. The van der Waals surface area contributed by atoms with Gasteiger partial charge in [0.1, 0.15) is 22.4 Å². The Morgan fingerprint density at radius 1 is 0.974 bits per heavy atom. The van der Waals surface area contributed by atoms with Crippen LogP contribution in [0.25, 0.3) is 23.0 Å². The summed E-state index contributed by atoms with van der Waals surface area (Å²) in [5.74, 6) is 0.768. The van der Waals surface area contributed by atoms with Crippen molar-refractivity contribution in [1.82, 2.24) is 14.7 Å². The van der Waals surface area contributed by atoms with Crippen molar-refractivity contribution in [2.24, 2.45) is 0 Å². The van der Waals surface area contributed by atoms with Crippen LogP contribution < -0.4 is 4.74 Å². The summed E-state index contributed by atoms with van der Waals surface area (Å²) in [6.45, 7) is 0.485. The van der Waals surface area contributed by atoms with Gasteiger partial charge in [0, 0.05) is 23.4 Å². The van der Waals surface area contributed by atoms with Crippen LogP contribution in [0, 0.1) is 0 Å². The van der Waals surface area contributed by atoms with Gasteiger partial charge >= 0.3 is 0 Å².